The van der Waals surface area contributed by atoms with E-state index in [9.17, 15) is 9.59 Å². The minimum atomic E-state index is -0.606. The van der Waals surface area contributed by atoms with Crippen molar-refractivity contribution < 1.29 is 14.7 Å². The molecule has 86 valence electrons. The Hall–Kier alpha value is -1.10. The molecule has 0 spiro atoms. The molecule has 2 amide bonds. The average Bonchev–Trinajstić information content (AvgIpc) is 2.53. The highest BCUT2D eigenvalue weighted by Crippen LogP contribution is 2.09. The van der Waals surface area contributed by atoms with Crippen LogP contribution in [0.15, 0.2) is 0 Å². The maximum atomic E-state index is 11.6. The van der Waals surface area contributed by atoms with Gasteiger partial charge in [0.15, 0.2) is 0 Å². The third kappa shape index (κ3) is 3.87. The highest BCUT2D eigenvalue weighted by molar-refractivity contribution is 6.35. The Labute approximate surface area is 89.4 Å². The SMILES string of the molecule is O=C(NCCO)C(=O)N1CCCCCC1. The quantitative estimate of drug-likeness (QED) is 0.609. The highest BCUT2D eigenvalue weighted by Gasteiger charge is 2.21. The van der Waals surface area contributed by atoms with E-state index >= 15 is 0 Å². The van der Waals surface area contributed by atoms with Gasteiger partial charge in [-0.2, -0.15) is 0 Å². The molecule has 0 bridgehead atoms. The molecule has 1 heterocycles. The fourth-order valence-corrected chi connectivity index (χ4v) is 1.66. The summed E-state index contributed by atoms with van der Waals surface area (Å²) >= 11 is 0. The number of carbonyl (C=O) groups is 2. The first-order valence-corrected chi connectivity index (χ1v) is 5.43. The second kappa shape index (κ2) is 6.40. The number of likely N-dealkylation sites (tertiary alicyclic amines) is 1. The minimum absolute atomic E-state index is 0.137. The molecule has 1 saturated heterocycles. The van der Waals surface area contributed by atoms with E-state index in [2.05, 4.69) is 5.32 Å². The summed E-state index contributed by atoms with van der Waals surface area (Å²) in [7, 11) is 0. The molecule has 1 fully saturated rings. The van der Waals surface area contributed by atoms with Crippen molar-refractivity contribution in [3.63, 3.8) is 0 Å². The van der Waals surface area contributed by atoms with Gasteiger partial charge in [0.2, 0.25) is 0 Å². The lowest BCUT2D eigenvalue weighted by atomic mass is 10.2. The van der Waals surface area contributed by atoms with E-state index in [4.69, 9.17) is 5.11 Å². The molecule has 0 radical (unpaired) electrons. The maximum absolute atomic E-state index is 11.6. The number of carbonyl (C=O) groups excluding carboxylic acids is 2. The monoisotopic (exact) mass is 214 g/mol. The van der Waals surface area contributed by atoms with Crippen molar-refractivity contribution in [1.82, 2.24) is 10.2 Å². The van der Waals surface area contributed by atoms with E-state index < -0.39 is 11.8 Å². The Kier molecular flexibility index (Phi) is 5.10. The minimum Gasteiger partial charge on any atom is -0.395 e. The summed E-state index contributed by atoms with van der Waals surface area (Å²) in [5.41, 5.74) is 0. The molecule has 5 heteroatoms. The molecular weight excluding hydrogens is 196 g/mol. The molecule has 0 aromatic rings. The third-order valence-electron chi connectivity index (χ3n) is 2.48. The number of nitrogens with zero attached hydrogens (tertiary/aromatic N) is 1. The summed E-state index contributed by atoms with van der Waals surface area (Å²) in [6.45, 7) is 1.34. The molecule has 0 atom stereocenters. The predicted octanol–water partition coefficient (Wildman–Crippen LogP) is -0.503. The lowest BCUT2D eigenvalue weighted by Crippen LogP contribution is -2.44. The molecule has 0 aromatic carbocycles. The van der Waals surface area contributed by atoms with Gasteiger partial charge in [-0.15, -0.1) is 0 Å². The zero-order valence-electron chi connectivity index (χ0n) is 8.87. The zero-order chi connectivity index (χ0) is 11.1. The van der Waals surface area contributed by atoms with Crippen LogP contribution in [0.2, 0.25) is 0 Å². The van der Waals surface area contributed by atoms with Gasteiger partial charge >= 0.3 is 11.8 Å². The van der Waals surface area contributed by atoms with Gasteiger partial charge in [0, 0.05) is 19.6 Å². The van der Waals surface area contributed by atoms with Crippen LogP contribution in [-0.2, 0) is 9.59 Å². The van der Waals surface area contributed by atoms with E-state index in [1.54, 1.807) is 4.90 Å². The van der Waals surface area contributed by atoms with Crippen molar-refractivity contribution in [2.24, 2.45) is 0 Å². The second-order valence-electron chi connectivity index (χ2n) is 3.69. The normalized spacial score (nSPS) is 17.0. The smallest absolute Gasteiger partial charge is 0.311 e. The Morgan fingerprint density at radius 1 is 1.13 bits per heavy atom. The Balaban J connectivity index is 2.39. The third-order valence-corrected chi connectivity index (χ3v) is 2.48. The molecule has 15 heavy (non-hydrogen) atoms. The van der Waals surface area contributed by atoms with Crippen LogP contribution < -0.4 is 5.32 Å². The van der Waals surface area contributed by atoms with Crippen LogP contribution in [-0.4, -0.2) is 48.1 Å². The summed E-state index contributed by atoms with van der Waals surface area (Å²) in [4.78, 5) is 24.5. The molecule has 1 rings (SSSR count). The van der Waals surface area contributed by atoms with Crippen molar-refractivity contribution in [1.29, 1.82) is 0 Å². The summed E-state index contributed by atoms with van der Waals surface area (Å²) in [6, 6.07) is 0. The predicted molar refractivity (Wildman–Crippen MR) is 55.1 cm³/mol. The summed E-state index contributed by atoms with van der Waals surface area (Å²) in [6.07, 6.45) is 4.20. The number of rotatable bonds is 2. The van der Waals surface area contributed by atoms with Crippen molar-refractivity contribution in [3.05, 3.63) is 0 Å². The molecular formula is C10H18N2O3. The van der Waals surface area contributed by atoms with Crippen LogP contribution in [0.4, 0.5) is 0 Å². The van der Waals surface area contributed by atoms with Crippen molar-refractivity contribution >= 4 is 11.8 Å². The largest absolute Gasteiger partial charge is 0.395 e. The van der Waals surface area contributed by atoms with Crippen molar-refractivity contribution in [2.45, 2.75) is 25.7 Å². The van der Waals surface area contributed by atoms with E-state index in [1.165, 1.54) is 0 Å². The van der Waals surface area contributed by atoms with Crippen LogP contribution in [0.3, 0.4) is 0 Å². The molecule has 0 unspecified atom stereocenters. The second-order valence-corrected chi connectivity index (χ2v) is 3.69. The van der Waals surface area contributed by atoms with Crippen LogP contribution >= 0.6 is 0 Å². The molecule has 1 aliphatic rings. The average molecular weight is 214 g/mol. The Morgan fingerprint density at radius 3 is 2.27 bits per heavy atom. The lowest BCUT2D eigenvalue weighted by Gasteiger charge is -2.19. The molecule has 5 nitrogen and oxygen atoms in total. The molecule has 0 saturated carbocycles. The van der Waals surface area contributed by atoms with Gasteiger partial charge in [0.25, 0.3) is 0 Å². The number of hydrogen-bond acceptors (Lipinski definition) is 3. The standard InChI is InChI=1S/C10H18N2O3/c13-8-5-11-9(14)10(15)12-6-3-1-2-4-7-12/h13H,1-8H2,(H,11,14). The van der Waals surface area contributed by atoms with E-state index in [-0.39, 0.29) is 13.2 Å². The topological polar surface area (TPSA) is 69.6 Å². The first kappa shape index (κ1) is 12.0. The summed E-state index contributed by atoms with van der Waals surface area (Å²) in [5, 5.41) is 10.9. The summed E-state index contributed by atoms with van der Waals surface area (Å²) in [5.74, 6) is -1.07. The van der Waals surface area contributed by atoms with Crippen LogP contribution in [0.5, 0.6) is 0 Å². The van der Waals surface area contributed by atoms with E-state index in [0.717, 1.165) is 25.7 Å². The van der Waals surface area contributed by atoms with Crippen molar-refractivity contribution in [2.75, 3.05) is 26.2 Å². The van der Waals surface area contributed by atoms with Crippen LogP contribution in [0.1, 0.15) is 25.7 Å². The fourth-order valence-electron chi connectivity index (χ4n) is 1.66. The van der Waals surface area contributed by atoms with Gasteiger partial charge in [-0.3, -0.25) is 9.59 Å². The van der Waals surface area contributed by atoms with E-state index in [1.807, 2.05) is 0 Å². The fraction of sp³-hybridized carbons (Fsp3) is 0.800. The Bertz CT molecular complexity index is 223. The number of hydrogen-bond donors (Lipinski definition) is 2. The van der Waals surface area contributed by atoms with Crippen molar-refractivity contribution in [3.8, 4) is 0 Å². The number of aliphatic hydroxyl groups is 1. The maximum Gasteiger partial charge on any atom is 0.311 e. The Morgan fingerprint density at radius 2 is 1.73 bits per heavy atom. The number of aliphatic hydroxyl groups excluding tert-OH is 1. The number of nitrogens with one attached hydrogen (secondary N) is 1. The van der Waals surface area contributed by atoms with Gasteiger partial charge in [-0.25, -0.2) is 0 Å². The zero-order valence-corrected chi connectivity index (χ0v) is 8.87. The molecule has 0 aliphatic carbocycles. The molecule has 2 N–H and O–H groups in total. The first-order valence-electron chi connectivity index (χ1n) is 5.43. The first-order chi connectivity index (χ1) is 7.25. The highest BCUT2D eigenvalue weighted by atomic mass is 16.3. The number of amides is 2. The van der Waals surface area contributed by atoms with Crippen LogP contribution in [0, 0.1) is 0 Å². The van der Waals surface area contributed by atoms with Gasteiger partial charge in [0.05, 0.1) is 6.61 Å². The van der Waals surface area contributed by atoms with Gasteiger partial charge in [0.1, 0.15) is 0 Å². The van der Waals surface area contributed by atoms with Gasteiger partial charge < -0.3 is 15.3 Å². The van der Waals surface area contributed by atoms with Gasteiger partial charge in [-0.05, 0) is 12.8 Å². The summed E-state index contributed by atoms with van der Waals surface area (Å²) < 4.78 is 0. The van der Waals surface area contributed by atoms with Crippen LogP contribution in [0.25, 0.3) is 0 Å². The molecule has 1 aliphatic heterocycles. The lowest BCUT2D eigenvalue weighted by molar-refractivity contribution is -0.145. The van der Waals surface area contributed by atoms with Gasteiger partial charge in [-0.1, -0.05) is 12.8 Å². The molecule has 0 aromatic heterocycles. The van der Waals surface area contributed by atoms with E-state index in [0.29, 0.717) is 13.1 Å².